The van der Waals surface area contributed by atoms with Crippen LogP contribution in [0.15, 0.2) is 12.1 Å². The lowest BCUT2D eigenvalue weighted by Crippen LogP contribution is -2.29. The molecule has 1 aliphatic carbocycles. The maximum atomic E-state index is 11.9. The Labute approximate surface area is 122 Å². The number of aliphatic hydroxyl groups excluding tert-OH is 1. The molecule has 3 N–H and O–H groups in total. The molecule has 1 saturated carbocycles. The molecule has 3 rings (SSSR count). The molecule has 1 aromatic carbocycles. The molecular formula is C14H18ClN3O2. The molecule has 0 bridgehead atoms. The third kappa shape index (κ3) is 2.26. The van der Waals surface area contributed by atoms with E-state index in [1.807, 2.05) is 12.1 Å². The molecule has 1 aromatic rings. The second-order valence-corrected chi connectivity index (χ2v) is 5.66. The lowest BCUT2D eigenvalue weighted by atomic mass is 10.1. The predicted octanol–water partition coefficient (Wildman–Crippen LogP) is 1.51. The first-order chi connectivity index (χ1) is 9.65. The van der Waals surface area contributed by atoms with Crippen LogP contribution in [0.5, 0.6) is 0 Å². The molecule has 1 aliphatic heterocycles. The highest BCUT2D eigenvalue weighted by Crippen LogP contribution is 2.41. The largest absolute Gasteiger partial charge is 0.395 e. The van der Waals surface area contributed by atoms with Crippen LogP contribution in [0.4, 0.5) is 11.4 Å². The number of nitrogens with zero attached hydrogens (tertiary/aromatic N) is 1. The third-order valence-corrected chi connectivity index (χ3v) is 4.18. The Bertz CT molecular complexity index is 545. The van der Waals surface area contributed by atoms with E-state index in [2.05, 4.69) is 15.5 Å². The molecule has 1 heterocycles. The minimum absolute atomic E-state index is 0.0594. The van der Waals surface area contributed by atoms with Crippen molar-refractivity contribution in [3.05, 3.63) is 22.7 Å². The standard InChI is InChI=1S/C14H18ClN3O2/c1-16-13-9-6-10(15)12(7-11(9)17-14(13)20)18(4-5-19)8-2-3-8/h6-8,13,16,19H,2-5H2,1H3,(H,17,20). The summed E-state index contributed by atoms with van der Waals surface area (Å²) in [5.74, 6) is -0.0594. The van der Waals surface area contributed by atoms with Crippen molar-refractivity contribution in [3.8, 4) is 0 Å². The molecule has 0 radical (unpaired) electrons. The Morgan fingerprint density at radius 1 is 1.50 bits per heavy atom. The second kappa shape index (κ2) is 5.24. The zero-order valence-corrected chi connectivity index (χ0v) is 12.1. The van der Waals surface area contributed by atoms with E-state index in [4.69, 9.17) is 11.6 Å². The van der Waals surface area contributed by atoms with Crippen LogP contribution in [0.2, 0.25) is 5.02 Å². The van der Waals surface area contributed by atoms with Gasteiger partial charge in [0.05, 0.1) is 17.3 Å². The zero-order valence-electron chi connectivity index (χ0n) is 11.3. The zero-order chi connectivity index (χ0) is 14.3. The predicted molar refractivity (Wildman–Crippen MR) is 79.3 cm³/mol. The average molecular weight is 296 g/mol. The van der Waals surface area contributed by atoms with Gasteiger partial charge in [-0.2, -0.15) is 0 Å². The minimum atomic E-state index is -0.344. The Morgan fingerprint density at radius 2 is 2.25 bits per heavy atom. The highest BCUT2D eigenvalue weighted by molar-refractivity contribution is 6.33. The molecule has 2 aliphatic rings. The maximum Gasteiger partial charge on any atom is 0.246 e. The van der Waals surface area contributed by atoms with Gasteiger partial charge in [0.25, 0.3) is 0 Å². The fraction of sp³-hybridized carbons (Fsp3) is 0.500. The first kappa shape index (κ1) is 13.7. The maximum absolute atomic E-state index is 11.9. The highest BCUT2D eigenvalue weighted by atomic mass is 35.5. The van der Waals surface area contributed by atoms with Gasteiger partial charge in [0.1, 0.15) is 6.04 Å². The van der Waals surface area contributed by atoms with Crippen molar-refractivity contribution >= 4 is 28.9 Å². The van der Waals surface area contributed by atoms with E-state index in [-0.39, 0.29) is 18.6 Å². The molecule has 20 heavy (non-hydrogen) atoms. The fourth-order valence-electron chi connectivity index (χ4n) is 2.77. The van der Waals surface area contributed by atoms with Crippen LogP contribution in [-0.4, -0.2) is 37.3 Å². The Morgan fingerprint density at radius 3 is 2.85 bits per heavy atom. The molecule has 1 unspecified atom stereocenters. The van der Waals surface area contributed by atoms with Gasteiger partial charge in [0.15, 0.2) is 0 Å². The summed E-state index contributed by atoms with van der Waals surface area (Å²) in [5.41, 5.74) is 2.57. The van der Waals surface area contributed by atoms with E-state index < -0.39 is 0 Å². The van der Waals surface area contributed by atoms with Crippen molar-refractivity contribution in [3.63, 3.8) is 0 Å². The number of fused-ring (bicyclic) bond motifs is 1. The Kier molecular flexibility index (Phi) is 3.58. The highest BCUT2D eigenvalue weighted by Gasteiger charge is 2.34. The number of anilines is 2. The molecule has 1 fully saturated rings. The third-order valence-electron chi connectivity index (χ3n) is 3.88. The normalized spacial score (nSPS) is 20.8. The van der Waals surface area contributed by atoms with Gasteiger partial charge in [-0.15, -0.1) is 0 Å². The Balaban J connectivity index is 1.98. The number of aliphatic hydroxyl groups is 1. The van der Waals surface area contributed by atoms with Crippen molar-refractivity contribution in [1.29, 1.82) is 0 Å². The first-order valence-electron chi connectivity index (χ1n) is 6.84. The van der Waals surface area contributed by atoms with Gasteiger partial charge in [-0.3, -0.25) is 4.79 Å². The molecule has 6 heteroatoms. The number of halogens is 1. The van der Waals surface area contributed by atoms with Crippen molar-refractivity contribution in [2.45, 2.75) is 24.9 Å². The van der Waals surface area contributed by atoms with Crippen molar-refractivity contribution in [1.82, 2.24) is 5.32 Å². The lowest BCUT2D eigenvalue weighted by Gasteiger charge is -2.25. The first-order valence-corrected chi connectivity index (χ1v) is 7.22. The molecule has 5 nitrogen and oxygen atoms in total. The fourth-order valence-corrected chi connectivity index (χ4v) is 3.05. The monoisotopic (exact) mass is 295 g/mol. The van der Waals surface area contributed by atoms with E-state index in [0.717, 1.165) is 29.8 Å². The number of nitrogens with one attached hydrogen (secondary N) is 2. The number of likely N-dealkylation sites (N-methyl/N-ethyl adjacent to an activating group) is 1. The van der Waals surface area contributed by atoms with Gasteiger partial charge in [-0.1, -0.05) is 11.6 Å². The summed E-state index contributed by atoms with van der Waals surface area (Å²) in [4.78, 5) is 14.0. The summed E-state index contributed by atoms with van der Waals surface area (Å²) < 4.78 is 0. The van der Waals surface area contributed by atoms with Crippen LogP contribution >= 0.6 is 11.6 Å². The number of hydrogen-bond donors (Lipinski definition) is 3. The smallest absolute Gasteiger partial charge is 0.246 e. The summed E-state index contributed by atoms with van der Waals surface area (Å²) >= 11 is 6.39. The van der Waals surface area contributed by atoms with Gasteiger partial charge in [0, 0.05) is 23.8 Å². The van der Waals surface area contributed by atoms with E-state index in [1.165, 1.54) is 0 Å². The topological polar surface area (TPSA) is 64.6 Å². The summed E-state index contributed by atoms with van der Waals surface area (Å²) in [7, 11) is 1.75. The molecule has 1 atom stereocenters. The number of amides is 1. The van der Waals surface area contributed by atoms with Crippen LogP contribution in [0.3, 0.4) is 0 Å². The van der Waals surface area contributed by atoms with E-state index in [0.29, 0.717) is 17.6 Å². The summed E-state index contributed by atoms with van der Waals surface area (Å²) in [6, 6.07) is 3.87. The number of carbonyl (C=O) groups is 1. The number of rotatable bonds is 5. The van der Waals surface area contributed by atoms with Gasteiger partial charge in [-0.25, -0.2) is 0 Å². The van der Waals surface area contributed by atoms with Crippen LogP contribution in [-0.2, 0) is 4.79 Å². The minimum Gasteiger partial charge on any atom is -0.395 e. The van der Waals surface area contributed by atoms with Crippen molar-refractivity contribution in [2.24, 2.45) is 0 Å². The lowest BCUT2D eigenvalue weighted by molar-refractivity contribution is -0.117. The van der Waals surface area contributed by atoms with Crippen LogP contribution in [0.25, 0.3) is 0 Å². The van der Waals surface area contributed by atoms with Crippen LogP contribution in [0, 0.1) is 0 Å². The average Bonchev–Trinajstić information content (AvgIpc) is 3.20. The Hall–Kier alpha value is -1.30. The molecular weight excluding hydrogens is 278 g/mol. The summed E-state index contributed by atoms with van der Waals surface area (Å²) in [5, 5.41) is 15.7. The molecule has 108 valence electrons. The van der Waals surface area contributed by atoms with E-state index in [1.54, 1.807) is 7.05 Å². The van der Waals surface area contributed by atoms with Gasteiger partial charge in [-0.05, 0) is 32.0 Å². The van der Waals surface area contributed by atoms with E-state index >= 15 is 0 Å². The van der Waals surface area contributed by atoms with Gasteiger partial charge >= 0.3 is 0 Å². The number of carbonyl (C=O) groups excluding carboxylic acids is 1. The van der Waals surface area contributed by atoms with Gasteiger partial charge in [0.2, 0.25) is 5.91 Å². The number of hydrogen-bond acceptors (Lipinski definition) is 4. The molecule has 0 aromatic heterocycles. The SMILES string of the molecule is CNC1C(=O)Nc2cc(N(CCO)C3CC3)c(Cl)cc21. The van der Waals surface area contributed by atoms with Crippen molar-refractivity contribution < 1.29 is 9.90 Å². The van der Waals surface area contributed by atoms with Crippen molar-refractivity contribution in [2.75, 3.05) is 30.4 Å². The number of benzene rings is 1. The van der Waals surface area contributed by atoms with E-state index in [9.17, 15) is 9.90 Å². The quantitative estimate of drug-likeness (QED) is 0.770. The molecule has 0 spiro atoms. The van der Waals surface area contributed by atoms with Crippen LogP contribution in [0.1, 0.15) is 24.4 Å². The molecule has 1 amide bonds. The molecule has 0 saturated heterocycles. The van der Waals surface area contributed by atoms with Gasteiger partial charge < -0.3 is 20.6 Å². The second-order valence-electron chi connectivity index (χ2n) is 5.25. The summed E-state index contributed by atoms with van der Waals surface area (Å²) in [6.07, 6.45) is 2.25. The van der Waals surface area contributed by atoms with Crippen LogP contribution < -0.4 is 15.5 Å². The summed E-state index contributed by atoms with van der Waals surface area (Å²) in [6.45, 7) is 0.655.